The maximum Gasteiger partial charge on any atom is 0.224 e. The third-order valence-corrected chi connectivity index (χ3v) is 3.87. The Hall–Kier alpha value is -2.04. The van der Waals surface area contributed by atoms with E-state index in [1.54, 1.807) is 11.9 Å². The second-order valence-corrected chi connectivity index (χ2v) is 5.97. The minimum Gasteiger partial charge on any atom is -0.356 e. The fourth-order valence-electron chi connectivity index (χ4n) is 2.40. The van der Waals surface area contributed by atoms with Crippen molar-refractivity contribution in [1.29, 1.82) is 0 Å². The molecule has 0 radical (unpaired) electrons. The summed E-state index contributed by atoms with van der Waals surface area (Å²) in [5.41, 5.74) is 1.14. The number of hydrogen-bond donors (Lipinski definition) is 2. The highest BCUT2D eigenvalue weighted by molar-refractivity contribution is 5.81. The van der Waals surface area contributed by atoms with Crippen molar-refractivity contribution in [1.82, 2.24) is 15.5 Å². The third kappa shape index (κ3) is 8.56. The fraction of sp³-hybridized carbons (Fsp3) is 0.579. The molecule has 5 heteroatoms. The maximum absolute atomic E-state index is 12.2. The molecule has 0 saturated heterocycles. The van der Waals surface area contributed by atoms with Gasteiger partial charge in [0.1, 0.15) is 0 Å². The number of hydrogen-bond acceptors (Lipinski definition) is 2. The van der Waals surface area contributed by atoms with Gasteiger partial charge in [0.25, 0.3) is 0 Å². The third-order valence-electron chi connectivity index (χ3n) is 3.87. The molecule has 0 saturated carbocycles. The number of amides is 1. The quantitative estimate of drug-likeness (QED) is 0.393. The topological polar surface area (TPSA) is 56.7 Å². The van der Waals surface area contributed by atoms with E-state index in [9.17, 15) is 4.79 Å². The predicted octanol–water partition coefficient (Wildman–Crippen LogP) is 2.78. The molecule has 0 bridgehead atoms. The number of carbonyl (C=O) groups is 1. The standard InChI is InChI=1S/C19H32N4O/c1-4-5-6-10-14-21-19(20-2)22-15-13-18(24)23(3)16-17-11-8-7-9-12-17/h7-9,11-12H,4-6,10,13-16H2,1-3H3,(H2,20,21,22). The number of rotatable bonds is 10. The van der Waals surface area contributed by atoms with Crippen molar-refractivity contribution in [2.75, 3.05) is 27.2 Å². The average molecular weight is 332 g/mol. The van der Waals surface area contributed by atoms with Gasteiger partial charge in [0.05, 0.1) is 0 Å². The van der Waals surface area contributed by atoms with Crippen LogP contribution < -0.4 is 10.6 Å². The van der Waals surface area contributed by atoms with Crippen molar-refractivity contribution >= 4 is 11.9 Å². The van der Waals surface area contributed by atoms with Crippen molar-refractivity contribution in [2.24, 2.45) is 4.99 Å². The molecule has 1 amide bonds. The van der Waals surface area contributed by atoms with E-state index < -0.39 is 0 Å². The molecule has 1 rings (SSSR count). The molecule has 0 aliphatic heterocycles. The van der Waals surface area contributed by atoms with Crippen molar-refractivity contribution < 1.29 is 4.79 Å². The van der Waals surface area contributed by atoms with Crippen LogP contribution in [-0.4, -0.2) is 44.0 Å². The van der Waals surface area contributed by atoms with Crippen LogP contribution in [0, 0.1) is 0 Å². The zero-order valence-electron chi connectivity index (χ0n) is 15.3. The lowest BCUT2D eigenvalue weighted by Gasteiger charge is -2.18. The number of carbonyl (C=O) groups excluding carboxylic acids is 1. The second kappa shape index (κ2) is 12.4. The summed E-state index contributed by atoms with van der Waals surface area (Å²) >= 11 is 0. The lowest BCUT2D eigenvalue weighted by Crippen LogP contribution is -2.39. The first-order chi connectivity index (χ1) is 11.7. The number of nitrogens with zero attached hydrogens (tertiary/aromatic N) is 2. The van der Waals surface area contributed by atoms with Crippen LogP contribution in [0.3, 0.4) is 0 Å². The van der Waals surface area contributed by atoms with Crippen LogP contribution in [0.4, 0.5) is 0 Å². The van der Waals surface area contributed by atoms with Gasteiger partial charge in [-0.25, -0.2) is 0 Å². The Morgan fingerprint density at radius 3 is 2.46 bits per heavy atom. The molecule has 0 spiro atoms. The number of unbranched alkanes of at least 4 members (excludes halogenated alkanes) is 3. The van der Waals surface area contributed by atoms with E-state index in [4.69, 9.17) is 0 Å². The van der Waals surface area contributed by atoms with Gasteiger partial charge in [0.15, 0.2) is 5.96 Å². The molecule has 0 aliphatic carbocycles. The molecule has 0 fully saturated rings. The summed E-state index contributed by atoms with van der Waals surface area (Å²) in [4.78, 5) is 18.1. The zero-order chi connectivity index (χ0) is 17.6. The lowest BCUT2D eigenvalue weighted by molar-refractivity contribution is -0.130. The minimum absolute atomic E-state index is 0.129. The van der Waals surface area contributed by atoms with Gasteiger partial charge < -0.3 is 15.5 Å². The summed E-state index contributed by atoms with van der Waals surface area (Å²) in [6, 6.07) is 10.0. The van der Waals surface area contributed by atoms with Gasteiger partial charge in [-0.15, -0.1) is 0 Å². The van der Waals surface area contributed by atoms with Crippen molar-refractivity contribution in [3.63, 3.8) is 0 Å². The summed E-state index contributed by atoms with van der Waals surface area (Å²) in [5, 5.41) is 6.49. The summed E-state index contributed by atoms with van der Waals surface area (Å²) in [6.45, 7) is 4.36. The van der Waals surface area contributed by atoms with Crippen LogP contribution in [0.25, 0.3) is 0 Å². The van der Waals surface area contributed by atoms with E-state index in [0.29, 0.717) is 19.5 Å². The molecule has 134 valence electrons. The smallest absolute Gasteiger partial charge is 0.224 e. The summed E-state index contributed by atoms with van der Waals surface area (Å²) in [7, 11) is 3.60. The van der Waals surface area contributed by atoms with E-state index in [1.807, 2.05) is 37.4 Å². The zero-order valence-corrected chi connectivity index (χ0v) is 15.3. The van der Waals surface area contributed by atoms with Gasteiger partial charge in [-0.2, -0.15) is 0 Å². The number of guanidine groups is 1. The molecule has 0 atom stereocenters. The Balaban J connectivity index is 2.20. The van der Waals surface area contributed by atoms with Crippen LogP contribution >= 0.6 is 0 Å². The van der Waals surface area contributed by atoms with Crippen LogP contribution in [0.2, 0.25) is 0 Å². The monoisotopic (exact) mass is 332 g/mol. The first-order valence-corrected chi connectivity index (χ1v) is 8.89. The Kier molecular flexibility index (Phi) is 10.3. The number of nitrogens with one attached hydrogen (secondary N) is 2. The molecule has 0 heterocycles. The van der Waals surface area contributed by atoms with Gasteiger partial charge >= 0.3 is 0 Å². The molecular weight excluding hydrogens is 300 g/mol. The highest BCUT2D eigenvalue weighted by Crippen LogP contribution is 2.03. The molecule has 0 unspecified atom stereocenters. The Morgan fingerprint density at radius 2 is 1.79 bits per heavy atom. The van der Waals surface area contributed by atoms with Crippen molar-refractivity contribution in [3.8, 4) is 0 Å². The largest absolute Gasteiger partial charge is 0.356 e. The Labute approximate surface area is 146 Å². The van der Waals surface area contributed by atoms with Crippen molar-refractivity contribution in [2.45, 2.75) is 45.6 Å². The van der Waals surface area contributed by atoms with E-state index in [-0.39, 0.29) is 5.91 Å². The molecule has 2 N–H and O–H groups in total. The van der Waals surface area contributed by atoms with Gasteiger partial charge in [-0.3, -0.25) is 9.79 Å². The lowest BCUT2D eigenvalue weighted by atomic mass is 10.2. The van der Waals surface area contributed by atoms with Crippen LogP contribution in [-0.2, 0) is 11.3 Å². The van der Waals surface area contributed by atoms with E-state index >= 15 is 0 Å². The molecule has 0 aliphatic rings. The normalized spacial score (nSPS) is 11.2. The molecule has 5 nitrogen and oxygen atoms in total. The molecule has 1 aromatic carbocycles. The maximum atomic E-state index is 12.2. The highest BCUT2D eigenvalue weighted by Gasteiger charge is 2.09. The summed E-state index contributed by atoms with van der Waals surface area (Å²) < 4.78 is 0. The second-order valence-electron chi connectivity index (χ2n) is 5.97. The van der Waals surface area contributed by atoms with Crippen LogP contribution in [0.5, 0.6) is 0 Å². The Bertz CT molecular complexity index is 487. The average Bonchev–Trinajstić information content (AvgIpc) is 2.60. The molecule has 24 heavy (non-hydrogen) atoms. The fourth-order valence-corrected chi connectivity index (χ4v) is 2.40. The molecule has 0 aromatic heterocycles. The van der Waals surface area contributed by atoms with E-state index in [0.717, 1.165) is 24.5 Å². The number of benzene rings is 1. The van der Waals surface area contributed by atoms with E-state index in [1.165, 1.54) is 19.3 Å². The first-order valence-electron chi connectivity index (χ1n) is 8.89. The summed E-state index contributed by atoms with van der Waals surface area (Å²) in [5.74, 6) is 0.898. The van der Waals surface area contributed by atoms with Gasteiger partial charge in [-0.1, -0.05) is 56.5 Å². The van der Waals surface area contributed by atoms with E-state index in [2.05, 4.69) is 22.5 Å². The SMILES string of the molecule is CCCCCCNC(=NC)NCCC(=O)N(C)Cc1ccccc1. The van der Waals surface area contributed by atoms with Gasteiger partial charge in [0, 0.05) is 40.2 Å². The highest BCUT2D eigenvalue weighted by atomic mass is 16.2. The van der Waals surface area contributed by atoms with Crippen LogP contribution in [0.15, 0.2) is 35.3 Å². The van der Waals surface area contributed by atoms with Crippen LogP contribution in [0.1, 0.15) is 44.6 Å². The molecule has 1 aromatic rings. The van der Waals surface area contributed by atoms with Gasteiger partial charge in [-0.05, 0) is 12.0 Å². The number of aliphatic imine (C=N–C) groups is 1. The summed E-state index contributed by atoms with van der Waals surface area (Å²) in [6.07, 6.45) is 5.36. The predicted molar refractivity (Wildman–Crippen MR) is 101 cm³/mol. The Morgan fingerprint density at radius 1 is 1.08 bits per heavy atom. The first kappa shape index (κ1) is 20.0. The van der Waals surface area contributed by atoms with Crippen molar-refractivity contribution in [3.05, 3.63) is 35.9 Å². The minimum atomic E-state index is 0.129. The van der Waals surface area contributed by atoms with Gasteiger partial charge in [0.2, 0.25) is 5.91 Å². The molecular formula is C19H32N4O.